The maximum atomic E-state index is 13.2. The Labute approximate surface area is 194 Å². The number of ether oxygens (including phenoxy) is 1. The van der Waals surface area contributed by atoms with Gasteiger partial charge in [0.2, 0.25) is 0 Å². The molecular weight excluding hydrogens is 444 g/mol. The molecule has 1 N–H and O–H groups in total. The molecule has 0 radical (unpaired) electrons. The number of para-hydroxylation sites is 2. The van der Waals surface area contributed by atoms with Crippen LogP contribution in [0.4, 0.5) is 17.1 Å². The van der Waals surface area contributed by atoms with Crippen LogP contribution in [0.5, 0.6) is 5.75 Å². The molecule has 0 aromatic heterocycles. The van der Waals surface area contributed by atoms with Crippen LogP contribution in [0.1, 0.15) is 28.8 Å². The lowest BCUT2D eigenvalue weighted by atomic mass is 9.93. The van der Waals surface area contributed by atoms with E-state index >= 15 is 0 Å². The molecule has 4 rings (SSSR count). The molecule has 3 aromatic carbocycles. The van der Waals surface area contributed by atoms with Gasteiger partial charge in [-0.15, -0.1) is 0 Å². The van der Waals surface area contributed by atoms with Gasteiger partial charge in [-0.3, -0.25) is 19.9 Å². The number of nitro benzene ring substituents is 1. The summed E-state index contributed by atoms with van der Waals surface area (Å²) in [5.41, 5.74) is 2.46. The number of methoxy groups -OCH3 is 1. The van der Waals surface area contributed by atoms with Crippen LogP contribution in [0.25, 0.3) is 0 Å². The van der Waals surface area contributed by atoms with E-state index in [-0.39, 0.29) is 16.3 Å². The molecule has 0 bridgehead atoms. The summed E-state index contributed by atoms with van der Waals surface area (Å²) < 4.78 is 5.25. The Kier molecular flexibility index (Phi) is 6.19. The molecule has 166 valence electrons. The second-order valence-electron chi connectivity index (χ2n) is 7.30. The number of hydrogen-bond acceptors (Lipinski definition) is 6. The van der Waals surface area contributed by atoms with E-state index in [0.717, 1.165) is 5.56 Å². The number of nitro groups is 1. The molecule has 0 spiro atoms. The first-order chi connectivity index (χ1) is 15.9. The molecule has 9 heteroatoms. The Morgan fingerprint density at radius 3 is 2.33 bits per heavy atom. The predicted molar refractivity (Wildman–Crippen MR) is 128 cm³/mol. The first-order valence-electron chi connectivity index (χ1n) is 10.00. The molecule has 1 unspecified atom stereocenters. The van der Waals surface area contributed by atoms with Crippen molar-refractivity contribution >= 4 is 46.1 Å². The summed E-state index contributed by atoms with van der Waals surface area (Å²) in [7, 11) is 1.58. The number of nitrogens with zero attached hydrogens (tertiary/aromatic N) is 3. The minimum absolute atomic E-state index is 0.0193. The third kappa shape index (κ3) is 4.47. The zero-order valence-corrected chi connectivity index (χ0v) is 18.5. The van der Waals surface area contributed by atoms with Crippen molar-refractivity contribution in [3.05, 3.63) is 93.0 Å². The monoisotopic (exact) mass is 462 g/mol. The normalized spacial score (nSPS) is 14.9. The highest BCUT2D eigenvalue weighted by Gasteiger charge is 2.28. The Bertz CT molecular complexity index is 1300. The lowest BCUT2D eigenvalue weighted by Crippen LogP contribution is -2.37. The van der Waals surface area contributed by atoms with E-state index in [4.69, 9.17) is 26.3 Å². The number of fused-ring (bicyclic) bond motifs is 1. The Morgan fingerprint density at radius 2 is 1.70 bits per heavy atom. The number of rotatable bonds is 4. The van der Waals surface area contributed by atoms with Gasteiger partial charge in [-0.25, -0.2) is 4.99 Å². The minimum Gasteiger partial charge on any atom is -0.497 e. The van der Waals surface area contributed by atoms with Crippen LogP contribution in [0.15, 0.2) is 76.7 Å². The second kappa shape index (κ2) is 9.22. The van der Waals surface area contributed by atoms with Crippen molar-refractivity contribution in [3.8, 4) is 5.75 Å². The quantitative estimate of drug-likeness (QED) is 0.402. The van der Waals surface area contributed by atoms with E-state index in [2.05, 4.69) is 5.32 Å². The van der Waals surface area contributed by atoms with Crippen LogP contribution in [0.3, 0.4) is 0 Å². The first-order valence-corrected chi connectivity index (χ1v) is 10.4. The molecule has 1 aliphatic heterocycles. The maximum Gasteiger partial charge on any atom is 0.288 e. The van der Waals surface area contributed by atoms with E-state index in [9.17, 15) is 14.9 Å². The SMILES string of the molecule is COc1ccc(C2C(C)=Nc3ccccc3N=C2NC(=O)c2cccc([N+](=O)[O-])c2Cl)cc1. The van der Waals surface area contributed by atoms with Crippen molar-refractivity contribution < 1.29 is 14.5 Å². The molecule has 3 aromatic rings. The number of halogens is 1. The number of carbonyl (C=O) groups excluding carboxylic acids is 1. The molecule has 1 amide bonds. The van der Waals surface area contributed by atoms with Gasteiger partial charge in [-0.1, -0.05) is 41.9 Å². The average molecular weight is 463 g/mol. The van der Waals surface area contributed by atoms with Crippen LogP contribution >= 0.6 is 11.6 Å². The van der Waals surface area contributed by atoms with Crippen LogP contribution in [-0.2, 0) is 0 Å². The standard InChI is InChI=1S/C24H19ClN4O4/c1-14-21(15-10-12-16(33-2)13-11-15)23(27-19-8-4-3-7-18(19)26-14)28-24(30)17-6-5-9-20(22(17)25)29(31)32/h3-13,21H,1-2H3,(H,27,28,30). The third-order valence-corrected chi connectivity index (χ3v) is 5.62. The Morgan fingerprint density at radius 1 is 1.03 bits per heavy atom. The van der Waals surface area contributed by atoms with Crippen molar-refractivity contribution in [2.45, 2.75) is 12.8 Å². The zero-order valence-electron chi connectivity index (χ0n) is 17.8. The van der Waals surface area contributed by atoms with Crippen LogP contribution in [-0.4, -0.2) is 29.5 Å². The number of nitrogens with one attached hydrogen (secondary N) is 1. The molecule has 0 fully saturated rings. The molecule has 1 atom stereocenters. The van der Waals surface area contributed by atoms with Crippen molar-refractivity contribution in [1.29, 1.82) is 0 Å². The number of hydrogen-bond donors (Lipinski definition) is 1. The van der Waals surface area contributed by atoms with Gasteiger partial charge in [-0.05, 0) is 42.8 Å². The molecule has 0 saturated heterocycles. The Balaban J connectivity index is 1.79. The highest BCUT2D eigenvalue weighted by atomic mass is 35.5. The first kappa shape index (κ1) is 22.2. The van der Waals surface area contributed by atoms with E-state index in [1.807, 2.05) is 49.4 Å². The third-order valence-electron chi connectivity index (χ3n) is 5.22. The van der Waals surface area contributed by atoms with Gasteiger partial charge in [0.15, 0.2) is 0 Å². The number of benzene rings is 3. The molecule has 0 aliphatic carbocycles. The maximum absolute atomic E-state index is 13.2. The minimum atomic E-state index is -0.629. The molecule has 33 heavy (non-hydrogen) atoms. The van der Waals surface area contributed by atoms with Crippen LogP contribution in [0, 0.1) is 10.1 Å². The Hall–Kier alpha value is -4.04. The summed E-state index contributed by atoms with van der Waals surface area (Å²) >= 11 is 6.17. The zero-order chi connectivity index (χ0) is 23.5. The topological polar surface area (TPSA) is 106 Å². The summed E-state index contributed by atoms with van der Waals surface area (Å²) in [6.07, 6.45) is 0. The smallest absolute Gasteiger partial charge is 0.288 e. The molecule has 1 heterocycles. The number of amidine groups is 1. The van der Waals surface area contributed by atoms with Gasteiger partial charge in [0, 0.05) is 11.8 Å². The predicted octanol–water partition coefficient (Wildman–Crippen LogP) is 5.61. The van der Waals surface area contributed by atoms with Gasteiger partial charge < -0.3 is 10.1 Å². The summed E-state index contributed by atoms with van der Waals surface area (Å²) in [5, 5.41) is 13.8. The molecule has 0 saturated carbocycles. The van der Waals surface area contributed by atoms with Gasteiger partial charge in [0.1, 0.15) is 16.6 Å². The molecular formula is C24H19ClN4O4. The summed E-state index contributed by atoms with van der Waals surface area (Å²) in [4.78, 5) is 33.2. The fraction of sp³-hybridized carbons (Fsp3) is 0.125. The van der Waals surface area contributed by atoms with Crippen molar-refractivity contribution in [2.24, 2.45) is 9.98 Å². The van der Waals surface area contributed by atoms with Crippen molar-refractivity contribution in [1.82, 2.24) is 5.32 Å². The highest BCUT2D eigenvalue weighted by Crippen LogP contribution is 2.35. The second-order valence-corrected chi connectivity index (χ2v) is 7.67. The van der Waals surface area contributed by atoms with Gasteiger partial charge in [0.25, 0.3) is 11.6 Å². The molecule has 1 aliphatic rings. The van der Waals surface area contributed by atoms with E-state index in [1.54, 1.807) is 13.2 Å². The number of carbonyl (C=O) groups is 1. The average Bonchev–Trinajstić information content (AvgIpc) is 2.94. The molecule has 8 nitrogen and oxygen atoms in total. The highest BCUT2D eigenvalue weighted by molar-refractivity contribution is 6.36. The van der Waals surface area contributed by atoms with Gasteiger partial charge in [-0.2, -0.15) is 0 Å². The number of amides is 1. The van der Waals surface area contributed by atoms with Gasteiger partial charge in [0.05, 0.1) is 34.9 Å². The lowest BCUT2D eigenvalue weighted by Gasteiger charge is -2.20. The fourth-order valence-corrected chi connectivity index (χ4v) is 3.90. The van der Waals surface area contributed by atoms with Gasteiger partial charge >= 0.3 is 0 Å². The largest absolute Gasteiger partial charge is 0.497 e. The van der Waals surface area contributed by atoms with Crippen molar-refractivity contribution in [2.75, 3.05) is 7.11 Å². The lowest BCUT2D eigenvalue weighted by molar-refractivity contribution is -0.384. The van der Waals surface area contributed by atoms with Crippen LogP contribution in [0.2, 0.25) is 5.02 Å². The van der Waals surface area contributed by atoms with E-state index in [0.29, 0.717) is 28.7 Å². The summed E-state index contributed by atoms with van der Waals surface area (Å²) in [5.74, 6) is -0.0482. The van der Waals surface area contributed by atoms with E-state index in [1.165, 1.54) is 18.2 Å². The van der Waals surface area contributed by atoms with E-state index < -0.39 is 16.7 Å². The summed E-state index contributed by atoms with van der Waals surface area (Å²) in [6, 6.07) is 18.8. The van der Waals surface area contributed by atoms with Crippen molar-refractivity contribution in [3.63, 3.8) is 0 Å². The number of aliphatic imine (C=N–C) groups is 2. The summed E-state index contributed by atoms with van der Waals surface area (Å²) in [6.45, 7) is 1.86. The van der Waals surface area contributed by atoms with Crippen LogP contribution < -0.4 is 10.1 Å². The fourth-order valence-electron chi connectivity index (χ4n) is 3.62.